The number of piperidine rings is 1. The van der Waals surface area contributed by atoms with Crippen LogP contribution in [0.15, 0.2) is 72.7 Å². The Hall–Kier alpha value is -3.16. The van der Waals surface area contributed by atoms with Crippen molar-refractivity contribution >= 4 is 5.91 Å². The van der Waals surface area contributed by atoms with Gasteiger partial charge in [-0.2, -0.15) is 4.39 Å². The van der Waals surface area contributed by atoms with Crippen LogP contribution < -0.4 is 0 Å². The predicted octanol–water partition coefficient (Wildman–Crippen LogP) is 6.36. The Kier molecular flexibility index (Phi) is 9.46. The molecular weight excluding hydrogens is 496 g/mol. The van der Waals surface area contributed by atoms with E-state index in [1.807, 2.05) is 43.0 Å². The van der Waals surface area contributed by atoms with Crippen molar-refractivity contribution in [2.45, 2.75) is 58.2 Å². The van der Waals surface area contributed by atoms with E-state index in [1.165, 1.54) is 19.1 Å². The van der Waals surface area contributed by atoms with E-state index in [0.717, 1.165) is 61.2 Å². The lowest BCUT2D eigenvalue weighted by molar-refractivity contribution is -0.131. The van der Waals surface area contributed by atoms with E-state index in [4.69, 9.17) is 4.74 Å². The number of ether oxygens (including phenoxy) is 1. The number of benzene rings is 1. The summed E-state index contributed by atoms with van der Waals surface area (Å²) < 4.78 is 33.2. The monoisotopic (exact) mass is 535 g/mol. The second-order valence-electron chi connectivity index (χ2n) is 10.5. The minimum atomic E-state index is -0.550. The maximum absolute atomic E-state index is 13.9. The highest BCUT2D eigenvalue weighted by Gasteiger charge is 2.43. The summed E-state index contributed by atoms with van der Waals surface area (Å²) in [5.41, 5.74) is 4.22. The molecule has 0 bridgehead atoms. The van der Waals surface area contributed by atoms with Crippen LogP contribution in [0.1, 0.15) is 61.3 Å². The number of rotatable bonds is 10. The van der Waals surface area contributed by atoms with Gasteiger partial charge in [-0.3, -0.25) is 4.79 Å². The minimum absolute atomic E-state index is 0.00861. The number of aryl methyl sites for hydroxylation is 1. The molecule has 5 nitrogen and oxygen atoms in total. The largest absolute Gasteiger partial charge is 0.365 e. The molecule has 208 valence electrons. The van der Waals surface area contributed by atoms with E-state index in [-0.39, 0.29) is 17.3 Å². The second-order valence-corrected chi connectivity index (χ2v) is 10.5. The normalized spacial score (nSPS) is 18.2. The third-order valence-corrected chi connectivity index (χ3v) is 7.94. The lowest BCUT2D eigenvalue weighted by Crippen LogP contribution is -2.44. The van der Waals surface area contributed by atoms with E-state index < -0.39 is 11.9 Å². The highest BCUT2D eigenvalue weighted by molar-refractivity contribution is 5.88. The number of hydrogen-bond acceptors (Lipinski definition) is 4. The number of aromatic nitrogens is 1. The Labute approximate surface area is 230 Å². The lowest BCUT2D eigenvalue weighted by atomic mass is 9.84. The fourth-order valence-electron chi connectivity index (χ4n) is 5.66. The average molecular weight is 536 g/mol. The zero-order chi connectivity index (χ0) is 28.0. The maximum atomic E-state index is 13.9. The van der Waals surface area contributed by atoms with Crippen molar-refractivity contribution in [1.29, 1.82) is 0 Å². The fraction of sp³-hybridized carbons (Fsp3) is 0.438. The van der Waals surface area contributed by atoms with Crippen molar-refractivity contribution in [1.82, 2.24) is 14.8 Å². The third-order valence-electron chi connectivity index (χ3n) is 7.94. The molecule has 0 N–H and O–H groups in total. The number of hydrogen-bond donors (Lipinski definition) is 0. The van der Waals surface area contributed by atoms with Crippen molar-refractivity contribution in [3.05, 3.63) is 101 Å². The number of likely N-dealkylation sites (tertiary alicyclic amines) is 1. The molecule has 39 heavy (non-hydrogen) atoms. The van der Waals surface area contributed by atoms with Gasteiger partial charge < -0.3 is 14.5 Å². The summed E-state index contributed by atoms with van der Waals surface area (Å²) in [6.45, 7) is 13.6. The molecule has 1 spiro atoms. The van der Waals surface area contributed by atoms with Gasteiger partial charge in [-0.15, -0.1) is 0 Å². The summed E-state index contributed by atoms with van der Waals surface area (Å²) >= 11 is 0. The summed E-state index contributed by atoms with van der Waals surface area (Å²) in [6, 6.07) is 9.40. The van der Waals surface area contributed by atoms with Gasteiger partial charge in [-0.25, -0.2) is 9.37 Å². The Balaban J connectivity index is 1.39. The highest BCUT2D eigenvalue weighted by atomic mass is 19.1. The van der Waals surface area contributed by atoms with Gasteiger partial charge in [0.05, 0.1) is 24.0 Å². The van der Waals surface area contributed by atoms with Crippen LogP contribution in [0, 0.1) is 12.9 Å². The molecule has 2 aromatic rings. The van der Waals surface area contributed by atoms with Crippen molar-refractivity contribution < 1.29 is 18.3 Å². The molecule has 1 aromatic heterocycles. The standard InChI is InChI=1S/C32H39F2N3O2/c1-5-25(13-10-24(4)33)30(26-11-8-23(3)9-12-26)31(38)37(6-2)17-7-16-36-18-14-32(15-19-36)28-21-35-29(34)20-27(28)22-39-32/h5,8-13,20-21,30H,1,6-7,14-19,22H2,2-4H3/b24-10+,25-13+. The Morgan fingerprint density at radius 3 is 2.62 bits per heavy atom. The molecule has 1 atom stereocenters. The number of halogens is 2. The van der Waals surface area contributed by atoms with Gasteiger partial charge in [-0.1, -0.05) is 48.6 Å². The lowest BCUT2D eigenvalue weighted by Gasteiger charge is -2.39. The zero-order valence-corrected chi connectivity index (χ0v) is 23.3. The Bertz CT molecular complexity index is 1230. The van der Waals surface area contributed by atoms with Crippen LogP contribution >= 0.6 is 0 Å². The Morgan fingerprint density at radius 1 is 1.26 bits per heavy atom. The molecule has 1 unspecified atom stereocenters. The minimum Gasteiger partial charge on any atom is -0.365 e. The summed E-state index contributed by atoms with van der Waals surface area (Å²) in [6.07, 6.45) is 8.83. The van der Waals surface area contributed by atoms with Crippen molar-refractivity contribution in [3.63, 3.8) is 0 Å². The molecule has 0 radical (unpaired) electrons. The smallest absolute Gasteiger partial charge is 0.234 e. The molecule has 1 amide bonds. The first-order chi connectivity index (χ1) is 18.8. The molecule has 0 aliphatic carbocycles. The molecule has 1 aromatic carbocycles. The topological polar surface area (TPSA) is 45.7 Å². The van der Waals surface area contributed by atoms with Crippen LogP contribution in [0.3, 0.4) is 0 Å². The first kappa shape index (κ1) is 28.8. The van der Waals surface area contributed by atoms with Crippen LogP contribution in [0.2, 0.25) is 0 Å². The third kappa shape index (κ3) is 6.71. The summed E-state index contributed by atoms with van der Waals surface area (Å²) in [7, 11) is 0. The van der Waals surface area contributed by atoms with Gasteiger partial charge in [0.25, 0.3) is 0 Å². The fourth-order valence-corrected chi connectivity index (χ4v) is 5.66. The van der Waals surface area contributed by atoms with Crippen LogP contribution in [0.25, 0.3) is 0 Å². The molecule has 2 aliphatic rings. The van der Waals surface area contributed by atoms with E-state index in [9.17, 15) is 13.6 Å². The maximum Gasteiger partial charge on any atom is 0.234 e. The number of amides is 1. The average Bonchev–Trinajstić information content (AvgIpc) is 3.27. The number of carbonyl (C=O) groups excluding carboxylic acids is 1. The van der Waals surface area contributed by atoms with Gasteiger partial charge in [-0.05, 0) is 75.4 Å². The predicted molar refractivity (Wildman–Crippen MR) is 150 cm³/mol. The first-order valence-electron chi connectivity index (χ1n) is 13.8. The second kappa shape index (κ2) is 12.8. The van der Waals surface area contributed by atoms with Crippen LogP contribution in [0.4, 0.5) is 8.78 Å². The summed E-state index contributed by atoms with van der Waals surface area (Å²) in [4.78, 5) is 22.0. The molecule has 1 saturated heterocycles. The SMILES string of the molecule is C=C/C(=C\C=C(/C)F)C(C(=O)N(CC)CCCN1CCC2(CC1)OCc1cc(F)ncc12)c1ccc(C)cc1. The number of likely N-dealkylation sites (N-methyl/N-ethyl adjacent to an activating group) is 1. The van der Waals surface area contributed by atoms with E-state index in [0.29, 0.717) is 25.3 Å². The van der Waals surface area contributed by atoms with Gasteiger partial charge in [0.2, 0.25) is 11.9 Å². The quantitative estimate of drug-likeness (QED) is 0.262. The molecule has 7 heteroatoms. The molecule has 2 aliphatic heterocycles. The molecule has 1 fully saturated rings. The van der Waals surface area contributed by atoms with Gasteiger partial charge >= 0.3 is 0 Å². The van der Waals surface area contributed by atoms with E-state index in [1.54, 1.807) is 18.3 Å². The van der Waals surface area contributed by atoms with Crippen molar-refractivity contribution in [2.75, 3.05) is 32.7 Å². The summed E-state index contributed by atoms with van der Waals surface area (Å²) in [5, 5.41) is 0. The molecular formula is C32H39F2N3O2. The van der Waals surface area contributed by atoms with E-state index in [2.05, 4.69) is 16.5 Å². The van der Waals surface area contributed by atoms with E-state index >= 15 is 0 Å². The molecule has 3 heterocycles. The van der Waals surface area contributed by atoms with Crippen LogP contribution in [-0.4, -0.2) is 53.4 Å². The molecule has 4 rings (SSSR count). The summed E-state index contributed by atoms with van der Waals surface area (Å²) in [5.74, 6) is -1.34. The number of pyridine rings is 1. The zero-order valence-electron chi connectivity index (χ0n) is 23.3. The van der Waals surface area contributed by atoms with Crippen molar-refractivity contribution in [3.8, 4) is 0 Å². The van der Waals surface area contributed by atoms with Gasteiger partial charge in [0.15, 0.2) is 0 Å². The number of carbonyl (C=O) groups is 1. The van der Waals surface area contributed by atoms with Gasteiger partial charge in [0.1, 0.15) is 0 Å². The number of fused-ring (bicyclic) bond motifs is 2. The van der Waals surface area contributed by atoms with Crippen molar-refractivity contribution in [2.24, 2.45) is 0 Å². The highest BCUT2D eigenvalue weighted by Crippen LogP contribution is 2.43. The first-order valence-corrected chi connectivity index (χ1v) is 13.8. The Morgan fingerprint density at radius 2 is 1.97 bits per heavy atom. The number of allylic oxidation sites excluding steroid dienone is 4. The van der Waals surface area contributed by atoms with Crippen LogP contribution in [-0.2, 0) is 21.7 Å². The molecule has 0 saturated carbocycles. The van der Waals surface area contributed by atoms with Crippen LogP contribution in [0.5, 0.6) is 0 Å². The number of nitrogens with zero attached hydrogens (tertiary/aromatic N) is 3. The van der Waals surface area contributed by atoms with Gasteiger partial charge in [0, 0.05) is 37.9 Å².